The Kier molecular flexibility index (Phi) is 19.3. The molecule has 2 nitrogen and oxygen atoms in total. The number of carboxylic acids is 1. The first-order valence-corrected chi connectivity index (χ1v) is 9.89. The van der Waals surface area contributed by atoms with E-state index in [2.05, 4.69) is 73.8 Å². The summed E-state index contributed by atoms with van der Waals surface area (Å²) in [4.78, 5) is 10.3. The van der Waals surface area contributed by atoms with E-state index in [4.69, 9.17) is 5.11 Å². The Labute approximate surface area is 160 Å². The predicted molar refractivity (Wildman–Crippen MR) is 114 cm³/mol. The van der Waals surface area contributed by atoms with Crippen LogP contribution in [0.15, 0.2) is 72.9 Å². The van der Waals surface area contributed by atoms with E-state index in [0.717, 1.165) is 51.4 Å². The highest BCUT2D eigenvalue weighted by Crippen LogP contribution is 2.00. The molecule has 0 aliphatic rings. The van der Waals surface area contributed by atoms with Gasteiger partial charge >= 0.3 is 5.97 Å². The van der Waals surface area contributed by atoms with Gasteiger partial charge in [0.05, 0.1) is 0 Å². The predicted octanol–water partition coefficient (Wildman–Crippen LogP) is 7.33. The van der Waals surface area contributed by atoms with Crippen molar-refractivity contribution in [2.45, 2.75) is 71.1 Å². The van der Waals surface area contributed by atoms with Crippen LogP contribution in [-0.2, 0) is 4.79 Å². The van der Waals surface area contributed by atoms with Gasteiger partial charge in [0.25, 0.3) is 0 Å². The Balaban J connectivity index is 3.45. The molecule has 0 amide bonds. The van der Waals surface area contributed by atoms with Crippen LogP contribution in [0.25, 0.3) is 0 Å². The zero-order valence-corrected chi connectivity index (χ0v) is 16.4. The van der Waals surface area contributed by atoms with Gasteiger partial charge in [0.2, 0.25) is 0 Å². The molecule has 0 unspecified atom stereocenters. The van der Waals surface area contributed by atoms with Gasteiger partial charge in [0.15, 0.2) is 0 Å². The van der Waals surface area contributed by atoms with Gasteiger partial charge in [-0.3, -0.25) is 4.79 Å². The molecule has 0 rings (SSSR count). The number of aliphatic carboxylic acids is 1. The number of unbranched alkanes of at least 4 members (excludes halogenated alkanes) is 2. The third-order valence-electron chi connectivity index (χ3n) is 3.58. The molecule has 0 aliphatic carbocycles. The zero-order chi connectivity index (χ0) is 19.1. The summed E-state index contributed by atoms with van der Waals surface area (Å²) in [5, 5.41) is 8.51. The van der Waals surface area contributed by atoms with E-state index >= 15 is 0 Å². The Morgan fingerprint density at radius 2 is 0.923 bits per heavy atom. The van der Waals surface area contributed by atoms with Crippen LogP contribution in [0, 0.1) is 0 Å². The van der Waals surface area contributed by atoms with Gasteiger partial charge < -0.3 is 5.11 Å². The lowest BCUT2D eigenvalue weighted by Gasteiger charge is -1.90. The smallest absolute Gasteiger partial charge is 0.303 e. The van der Waals surface area contributed by atoms with Crippen molar-refractivity contribution in [3.8, 4) is 0 Å². The third kappa shape index (κ3) is 21.9. The molecule has 0 aliphatic heterocycles. The van der Waals surface area contributed by atoms with E-state index in [0.29, 0.717) is 6.42 Å². The minimum Gasteiger partial charge on any atom is -0.481 e. The number of hydrogen-bond donors (Lipinski definition) is 1. The van der Waals surface area contributed by atoms with Crippen LogP contribution >= 0.6 is 0 Å². The van der Waals surface area contributed by atoms with Gasteiger partial charge in [-0.2, -0.15) is 0 Å². The minimum absolute atomic E-state index is 0.223. The van der Waals surface area contributed by atoms with Gasteiger partial charge in [-0.25, -0.2) is 0 Å². The summed E-state index contributed by atoms with van der Waals surface area (Å²) in [6.45, 7) is 2.15. The van der Waals surface area contributed by atoms with Crippen molar-refractivity contribution >= 4 is 5.97 Å². The average Bonchev–Trinajstić information content (AvgIpc) is 2.62. The Hall–Kier alpha value is -2.09. The maximum absolute atomic E-state index is 10.3. The third-order valence-corrected chi connectivity index (χ3v) is 3.58. The van der Waals surface area contributed by atoms with Crippen LogP contribution in [0.5, 0.6) is 0 Å². The second-order valence-electron chi connectivity index (χ2n) is 6.03. The molecule has 144 valence electrons. The molecule has 0 heterocycles. The van der Waals surface area contributed by atoms with Crippen LogP contribution in [0.2, 0.25) is 0 Å². The van der Waals surface area contributed by atoms with Gasteiger partial charge in [-0.15, -0.1) is 0 Å². The molecular weight excluding hydrogens is 320 g/mol. The first-order valence-electron chi connectivity index (χ1n) is 9.89. The maximum Gasteiger partial charge on any atom is 0.303 e. The Bertz CT molecular complexity index is 490. The summed E-state index contributed by atoms with van der Waals surface area (Å²) < 4.78 is 0. The van der Waals surface area contributed by atoms with E-state index in [1.165, 1.54) is 0 Å². The summed E-state index contributed by atoms with van der Waals surface area (Å²) in [5.41, 5.74) is 0. The van der Waals surface area contributed by atoms with Crippen molar-refractivity contribution in [2.75, 3.05) is 0 Å². The molecule has 1 N–H and O–H groups in total. The first kappa shape index (κ1) is 23.9. The topological polar surface area (TPSA) is 37.3 Å². The summed E-state index contributed by atoms with van der Waals surface area (Å²) in [5.74, 6) is -0.731. The highest BCUT2D eigenvalue weighted by molar-refractivity contribution is 5.66. The summed E-state index contributed by atoms with van der Waals surface area (Å²) >= 11 is 0. The number of rotatable bonds is 16. The number of hydrogen-bond acceptors (Lipinski definition) is 1. The van der Waals surface area contributed by atoms with Gasteiger partial charge in [-0.1, -0.05) is 79.8 Å². The molecule has 26 heavy (non-hydrogen) atoms. The summed E-state index contributed by atoms with van der Waals surface area (Å²) in [7, 11) is 0. The summed E-state index contributed by atoms with van der Waals surface area (Å²) in [6.07, 6.45) is 35.4. The molecule has 0 aromatic rings. The molecule has 0 saturated carbocycles. The molecule has 2 heteroatoms. The van der Waals surface area contributed by atoms with Crippen molar-refractivity contribution in [2.24, 2.45) is 0 Å². The fourth-order valence-corrected chi connectivity index (χ4v) is 2.16. The number of carboxylic acid groups (broad SMARTS) is 1. The molecule has 0 radical (unpaired) electrons. The molecule has 0 aromatic carbocycles. The SMILES string of the molecule is CC/C=C/C/C=C/C/C=C/C/C=C/CC/C=C/CC/C=C/CCC(=O)O. The van der Waals surface area contributed by atoms with Crippen molar-refractivity contribution in [1.82, 2.24) is 0 Å². The standard InChI is InChI=1S/C24H36O2/c1-2-3-4-5-6-7-8-9-10-11-12-13-14-15-16-17-18-19-20-21-22-23-24(25)26/h3-4,6-7,9-10,12-13,16-17,20-21H,2,5,8,11,14-15,18-19,22-23H2,1H3,(H,25,26)/b4-3+,7-6+,10-9+,13-12+,17-16+,21-20+. The highest BCUT2D eigenvalue weighted by Gasteiger charge is 1.90. The van der Waals surface area contributed by atoms with Crippen molar-refractivity contribution in [3.05, 3.63) is 72.9 Å². The van der Waals surface area contributed by atoms with Crippen LogP contribution < -0.4 is 0 Å². The lowest BCUT2D eigenvalue weighted by atomic mass is 10.2. The van der Waals surface area contributed by atoms with E-state index in [9.17, 15) is 4.79 Å². The molecule has 0 aromatic heterocycles. The van der Waals surface area contributed by atoms with E-state index < -0.39 is 5.97 Å². The molecular formula is C24H36O2. The van der Waals surface area contributed by atoms with Crippen molar-refractivity contribution in [1.29, 1.82) is 0 Å². The van der Waals surface area contributed by atoms with E-state index in [1.54, 1.807) is 0 Å². The molecule has 0 atom stereocenters. The fraction of sp³-hybridized carbons (Fsp3) is 0.458. The van der Waals surface area contributed by atoms with Crippen LogP contribution in [-0.4, -0.2) is 11.1 Å². The van der Waals surface area contributed by atoms with Crippen molar-refractivity contribution in [3.63, 3.8) is 0 Å². The highest BCUT2D eigenvalue weighted by atomic mass is 16.4. The van der Waals surface area contributed by atoms with E-state index in [1.807, 2.05) is 6.08 Å². The first-order chi connectivity index (χ1) is 12.8. The van der Waals surface area contributed by atoms with Crippen LogP contribution in [0.1, 0.15) is 71.1 Å². The molecule has 0 spiro atoms. The quantitative estimate of drug-likeness (QED) is 0.232. The van der Waals surface area contributed by atoms with Crippen molar-refractivity contribution < 1.29 is 9.90 Å². The van der Waals surface area contributed by atoms with E-state index in [-0.39, 0.29) is 6.42 Å². The van der Waals surface area contributed by atoms with Gasteiger partial charge in [0, 0.05) is 6.42 Å². The zero-order valence-electron chi connectivity index (χ0n) is 16.4. The number of allylic oxidation sites excluding steroid dienone is 12. The molecule has 0 bridgehead atoms. The lowest BCUT2D eigenvalue weighted by molar-refractivity contribution is -0.136. The summed E-state index contributed by atoms with van der Waals surface area (Å²) in [6, 6.07) is 0. The van der Waals surface area contributed by atoms with Crippen LogP contribution in [0.3, 0.4) is 0 Å². The Morgan fingerprint density at radius 1 is 0.577 bits per heavy atom. The molecule has 0 fully saturated rings. The number of carbonyl (C=O) groups is 1. The second-order valence-corrected chi connectivity index (χ2v) is 6.03. The van der Waals surface area contributed by atoms with Gasteiger partial charge in [-0.05, 0) is 57.8 Å². The van der Waals surface area contributed by atoms with Gasteiger partial charge in [0.1, 0.15) is 0 Å². The normalized spacial score (nSPS) is 13.0. The second kappa shape index (κ2) is 21.0. The Morgan fingerprint density at radius 3 is 1.35 bits per heavy atom. The fourth-order valence-electron chi connectivity index (χ4n) is 2.16. The monoisotopic (exact) mass is 356 g/mol. The minimum atomic E-state index is -0.731. The lowest BCUT2D eigenvalue weighted by Crippen LogP contribution is -1.91. The largest absolute Gasteiger partial charge is 0.481 e. The average molecular weight is 357 g/mol. The molecule has 0 saturated heterocycles. The maximum atomic E-state index is 10.3. The van der Waals surface area contributed by atoms with Crippen LogP contribution in [0.4, 0.5) is 0 Å².